The van der Waals surface area contributed by atoms with E-state index in [-0.39, 0.29) is 17.5 Å². The monoisotopic (exact) mass is 382 g/mol. The lowest BCUT2D eigenvalue weighted by Crippen LogP contribution is -2.40. The number of benzene rings is 1. The molecule has 0 spiro atoms. The van der Waals surface area contributed by atoms with E-state index in [9.17, 15) is 14.7 Å². The highest BCUT2D eigenvalue weighted by atomic mass is 16.3. The zero-order valence-corrected chi connectivity index (χ0v) is 16.6. The van der Waals surface area contributed by atoms with Crippen LogP contribution in [0.2, 0.25) is 0 Å². The van der Waals surface area contributed by atoms with Gasteiger partial charge in [0, 0.05) is 28.9 Å². The average molecular weight is 382 g/mol. The topological polar surface area (TPSA) is 103 Å². The van der Waals surface area contributed by atoms with Crippen LogP contribution in [0.25, 0.3) is 10.9 Å². The number of nitrogens with one attached hydrogen (secondary N) is 2. The molecule has 3 rings (SSSR count). The summed E-state index contributed by atoms with van der Waals surface area (Å²) in [5.41, 5.74) is 0.251. The number of aromatic amines is 2. The van der Waals surface area contributed by atoms with Gasteiger partial charge in [0.15, 0.2) is 0 Å². The Bertz CT molecular complexity index is 1130. The van der Waals surface area contributed by atoms with Crippen LogP contribution in [0.3, 0.4) is 0 Å². The molecule has 0 radical (unpaired) electrons. The van der Waals surface area contributed by atoms with Gasteiger partial charge in [-0.2, -0.15) is 0 Å². The lowest BCUT2D eigenvalue weighted by atomic mass is 10.0. The van der Waals surface area contributed by atoms with Crippen LogP contribution in [0.15, 0.2) is 45.0 Å². The number of aromatic nitrogens is 3. The van der Waals surface area contributed by atoms with Crippen LogP contribution in [0.4, 0.5) is 0 Å². The Morgan fingerprint density at radius 2 is 1.96 bits per heavy atom. The minimum absolute atomic E-state index is 0.00750. The molecule has 0 bridgehead atoms. The number of fused-ring (bicyclic) bond motifs is 1. The summed E-state index contributed by atoms with van der Waals surface area (Å²) in [6.07, 6.45) is 4.83. The molecule has 148 valence electrons. The van der Waals surface area contributed by atoms with E-state index in [1.165, 1.54) is 6.21 Å². The Morgan fingerprint density at radius 3 is 2.64 bits per heavy atom. The highest BCUT2D eigenvalue weighted by Crippen LogP contribution is 2.22. The molecule has 0 aliphatic heterocycles. The molecule has 7 heteroatoms. The fourth-order valence-corrected chi connectivity index (χ4v) is 3.31. The maximum absolute atomic E-state index is 12.2. The standard InChI is InChI=1S/C21H26N4O3/c1-5-14(10-13-11-23-17-9-7-6-8-15(13)17)22-12-16-18(26)24-20(28)25(19(16)27)21(2,3)4/h6-9,11-12,14,23,27H,5,10H2,1-4H3,(H,24,26,28). The van der Waals surface area contributed by atoms with Crippen LogP contribution in [-0.4, -0.2) is 31.9 Å². The largest absolute Gasteiger partial charge is 0.494 e. The average Bonchev–Trinajstić information content (AvgIpc) is 3.01. The molecule has 0 aliphatic rings. The van der Waals surface area contributed by atoms with Crippen molar-refractivity contribution in [1.82, 2.24) is 14.5 Å². The molecule has 0 fully saturated rings. The summed E-state index contributed by atoms with van der Waals surface area (Å²) in [4.78, 5) is 34.3. The van der Waals surface area contributed by atoms with E-state index in [1.54, 1.807) is 20.8 Å². The van der Waals surface area contributed by atoms with Crippen LogP contribution in [0.5, 0.6) is 5.88 Å². The van der Waals surface area contributed by atoms with Crippen LogP contribution in [-0.2, 0) is 12.0 Å². The van der Waals surface area contributed by atoms with Crippen molar-refractivity contribution in [2.45, 2.75) is 52.1 Å². The normalized spacial score (nSPS) is 13.4. The molecule has 0 amide bonds. The van der Waals surface area contributed by atoms with Gasteiger partial charge in [-0.1, -0.05) is 25.1 Å². The molecule has 0 aliphatic carbocycles. The predicted molar refractivity (Wildman–Crippen MR) is 112 cm³/mol. The van der Waals surface area contributed by atoms with Crippen LogP contribution < -0.4 is 11.2 Å². The molecular weight excluding hydrogens is 356 g/mol. The van der Waals surface area contributed by atoms with Crippen molar-refractivity contribution >= 4 is 17.1 Å². The van der Waals surface area contributed by atoms with Gasteiger partial charge in [0.05, 0.1) is 6.04 Å². The van der Waals surface area contributed by atoms with Gasteiger partial charge in [-0.3, -0.25) is 19.3 Å². The predicted octanol–water partition coefficient (Wildman–Crippen LogP) is 2.92. The van der Waals surface area contributed by atoms with E-state index in [0.717, 1.165) is 27.5 Å². The van der Waals surface area contributed by atoms with E-state index in [4.69, 9.17) is 0 Å². The number of aliphatic imine (C=N–C) groups is 1. The second-order valence-corrected chi connectivity index (χ2v) is 7.91. The summed E-state index contributed by atoms with van der Waals surface area (Å²) in [7, 11) is 0. The van der Waals surface area contributed by atoms with Gasteiger partial charge in [0.25, 0.3) is 5.56 Å². The van der Waals surface area contributed by atoms with Gasteiger partial charge >= 0.3 is 5.69 Å². The second-order valence-electron chi connectivity index (χ2n) is 7.91. The summed E-state index contributed by atoms with van der Waals surface area (Å²) in [5.74, 6) is -0.369. The third kappa shape index (κ3) is 3.78. The SMILES string of the molecule is CCC(Cc1c[nH]c2ccccc12)N=Cc1c(O)n(C(C)(C)C)c(=O)[nH]c1=O. The van der Waals surface area contributed by atoms with E-state index in [1.807, 2.05) is 31.3 Å². The third-order valence-electron chi connectivity index (χ3n) is 4.81. The molecule has 1 unspecified atom stereocenters. The molecular formula is C21H26N4O3. The molecule has 0 saturated carbocycles. The maximum atomic E-state index is 12.2. The van der Waals surface area contributed by atoms with Crippen LogP contribution in [0, 0.1) is 0 Å². The van der Waals surface area contributed by atoms with Gasteiger partial charge in [-0.05, 0) is 45.2 Å². The highest BCUT2D eigenvalue weighted by molar-refractivity contribution is 5.84. The maximum Gasteiger partial charge on any atom is 0.331 e. The van der Waals surface area contributed by atoms with Crippen molar-refractivity contribution < 1.29 is 5.11 Å². The van der Waals surface area contributed by atoms with Crippen molar-refractivity contribution in [1.29, 1.82) is 0 Å². The summed E-state index contributed by atoms with van der Waals surface area (Å²) in [6, 6.07) is 8.01. The molecule has 1 aromatic carbocycles. The first-order chi connectivity index (χ1) is 13.2. The Hall–Kier alpha value is -3.09. The number of nitrogens with zero attached hydrogens (tertiary/aromatic N) is 2. The molecule has 3 N–H and O–H groups in total. The van der Waals surface area contributed by atoms with Gasteiger partial charge in [-0.25, -0.2) is 4.79 Å². The van der Waals surface area contributed by atoms with E-state index >= 15 is 0 Å². The number of hydrogen-bond acceptors (Lipinski definition) is 4. The minimum atomic E-state index is -0.678. The Labute approximate surface area is 162 Å². The van der Waals surface area contributed by atoms with E-state index in [2.05, 4.69) is 21.0 Å². The minimum Gasteiger partial charge on any atom is -0.494 e. The Balaban J connectivity index is 1.93. The molecule has 7 nitrogen and oxygen atoms in total. The summed E-state index contributed by atoms with van der Waals surface area (Å²) in [6.45, 7) is 7.36. The number of H-pyrrole nitrogens is 2. The van der Waals surface area contributed by atoms with Gasteiger partial charge in [0.2, 0.25) is 5.88 Å². The van der Waals surface area contributed by atoms with Crippen LogP contribution in [0.1, 0.15) is 45.2 Å². The van der Waals surface area contributed by atoms with Crippen molar-refractivity contribution in [2.75, 3.05) is 0 Å². The van der Waals surface area contributed by atoms with Gasteiger partial charge in [0.1, 0.15) is 5.56 Å². The number of hydrogen-bond donors (Lipinski definition) is 3. The summed E-state index contributed by atoms with van der Waals surface area (Å²) < 4.78 is 1.16. The quantitative estimate of drug-likeness (QED) is 0.591. The fraction of sp³-hybridized carbons (Fsp3) is 0.381. The Kier molecular flexibility index (Phi) is 5.27. The third-order valence-corrected chi connectivity index (χ3v) is 4.81. The van der Waals surface area contributed by atoms with Crippen molar-refractivity contribution in [3.8, 4) is 5.88 Å². The molecule has 0 saturated heterocycles. The van der Waals surface area contributed by atoms with E-state index < -0.39 is 16.8 Å². The van der Waals surface area contributed by atoms with Crippen molar-refractivity contribution in [2.24, 2.45) is 4.99 Å². The number of aromatic hydroxyl groups is 1. The smallest absolute Gasteiger partial charge is 0.331 e. The zero-order chi connectivity index (χ0) is 20.5. The fourth-order valence-electron chi connectivity index (χ4n) is 3.31. The van der Waals surface area contributed by atoms with Gasteiger partial charge < -0.3 is 10.1 Å². The first kappa shape index (κ1) is 19.7. The number of para-hydroxylation sites is 1. The molecule has 2 heterocycles. The lowest BCUT2D eigenvalue weighted by molar-refractivity contribution is 0.305. The Morgan fingerprint density at radius 1 is 1.25 bits per heavy atom. The first-order valence-corrected chi connectivity index (χ1v) is 9.39. The zero-order valence-electron chi connectivity index (χ0n) is 16.6. The molecule has 3 aromatic rings. The van der Waals surface area contributed by atoms with Crippen LogP contribution >= 0.6 is 0 Å². The molecule has 28 heavy (non-hydrogen) atoms. The summed E-state index contributed by atoms with van der Waals surface area (Å²) in [5, 5.41) is 11.7. The van der Waals surface area contributed by atoms with Gasteiger partial charge in [-0.15, -0.1) is 0 Å². The number of rotatable bonds is 5. The second kappa shape index (κ2) is 7.50. The van der Waals surface area contributed by atoms with Crippen molar-refractivity contribution in [3.63, 3.8) is 0 Å². The lowest BCUT2D eigenvalue weighted by Gasteiger charge is -2.23. The highest BCUT2D eigenvalue weighted by Gasteiger charge is 2.22. The van der Waals surface area contributed by atoms with E-state index in [0.29, 0.717) is 6.42 Å². The summed E-state index contributed by atoms with van der Waals surface area (Å²) >= 11 is 0. The van der Waals surface area contributed by atoms with Crippen molar-refractivity contribution in [3.05, 3.63) is 62.4 Å². The molecule has 2 aromatic heterocycles. The molecule has 1 atom stereocenters. The first-order valence-electron chi connectivity index (χ1n) is 9.39.